The fourth-order valence-corrected chi connectivity index (χ4v) is 3.74. The van der Waals surface area contributed by atoms with Gasteiger partial charge in [-0.3, -0.25) is 4.79 Å². The molecule has 0 fully saturated rings. The number of halogens is 1. The molecule has 1 aromatic carbocycles. The van der Waals surface area contributed by atoms with Crippen molar-refractivity contribution in [3.63, 3.8) is 0 Å². The molecule has 0 aliphatic carbocycles. The first-order valence-electron chi connectivity index (χ1n) is 8.63. The minimum absolute atomic E-state index is 0.0163. The van der Waals surface area contributed by atoms with Crippen LogP contribution >= 0.6 is 27.7 Å². The van der Waals surface area contributed by atoms with Crippen molar-refractivity contribution in [1.82, 2.24) is 9.97 Å². The molecule has 0 spiro atoms. The van der Waals surface area contributed by atoms with Crippen LogP contribution in [-0.4, -0.2) is 22.2 Å². The molecule has 0 N–H and O–H groups in total. The van der Waals surface area contributed by atoms with Crippen molar-refractivity contribution < 1.29 is 13.9 Å². The van der Waals surface area contributed by atoms with Crippen molar-refractivity contribution in [3.8, 4) is 0 Å². The van der Waals surface area contributed by atoms with Crippen LogP contribution in [0.2, 0.25) is 0 Å². The molecule has 28 heavy (non-hydrogen) atoms. The smallest absolute Gasteiger partial charge is 0.336 e. The number of hydrogen-bond donors (Lipinski definition) is 0. The maximum atomic E-state index is 12.2. The number of aromatic nitrogens is 2. The summed E-state index contributed by atoms with van der Waals surface area (Å²) in [5.74, 6) is -0.341. The molecule has 2 heterocycles. The predicted octanol–water partition coefficient (Wildman–Crippen LogP) is 4.36. The number of fused-ring (bicyclic) bond motifs is 1. The van der Waals surface area contributed by atoms with E-state index in [9.17, 15) is 9.59 Å². The Kier molecular flexibility index (Phi) is 6.51. The number of hydrogen-bond acceptors (Lipinski definition) is 7. The molecule has 2 aromatic heterocycles. The Bertz CT molecular complexity index is 1070. The molecule has 3 aromatic rings. The van der Waals surface area contributed by atoms with Crippen molar-refractivity contribution in [3.05, 3.63) is 61.7 Å². The van der Waals surface area contributed by atoms with Gasteiger partial charge in [0.1, 0.15) is 12.2 Å². The fraction of sp³-hybridized carbons (Fsp3) is 0.300. The number of carbonyl (C=O) groups is 1. The molecule has 0 saturated heterocycles. The van der Waals surface area contributed by atoms with Crippen LogP contribution in [0.3, 0.4) is 0 Å². The Morgan fingerprint density at radius 1 is 1.21 bits per heavy atom. The van der Waals surface area contributed by atoms with Gasteiger partial charge in [0.15, 0.2) is 5.16 Å². The van der Waals surface area contributed by atoms with Crippen LogP contribution in [0.25, 0.3) is 11.0 Å². The molecule has 0 radical (unpaired) electrons. The SMILES string of the molecule is CSc1nc(C)c(CCC(=O)OCc2cc(=O)oc3cc(Br)ccc23)c(C)n1. The summed E-state index contributed by atoms with van der Waals surface area (Å²) in [4.78, 5) is 32.8. The van der Waals surface area contributed by atoms with Gasteiger partial charge in [0.2, 0.25) is 0 Å². The molecule has 6 nitrogen and oxygen atoms in total. The van der Waals surface area contributed by atoms with Crippen LogP contribution in [-0.2, 0) is 22.6 Å². The molecule has 0 atom stereocenters. The van der Waals surface area contributed by atoms with Gasteiger partial charge >= 0.3 is 11.6 Å². The maximum absolute atomic E-state index is 12.2. The fourth-order valence-electron chi connectivity index (χ4n) is 2.94. The Hall–Kier alpha value is -2.19. The van der Waals surface area contributed by atoms with E-state index in [1.807, 2.05) is 32.2 Å². The summed E-state index contributed by atoms with van der Waals surface area (Å²) in [5, 5.41) is 1.46. The van der Waals surface area contributed by atoms with Crippen molar-refractivity contribution in [2.24, 2.45) is 0 Å². The summed E-state index contributed by atoms with van der Waals surface area (Å²) in [6, 6.07) is 6.74. The largest absolute Gasteiger partial charge is 0.461 e. The van der Waals surface area contributed by atoms with Gasteiger partial charge in [0.05, 0.1) is 0 Å². The lowest BCUT2D eigenvalue weighted by atomic mass is 10.1. The lowest BCUT2D eigenvalue weighted by Gasteiger charge is -2.10. The van der Waals surface area contributed by atoms with E-state index in [2.05, 4.69) is 25.9 Å². The monoisotopic (exact) mass is 462 g/mol. The Morgan fingerprint density at radius 2 is 1.93 bits per heavy atom. The Labute approximate surface area is 174 Å². The second-order valence-corrected chi connectivity index (χ2v) is 7.94. The number of rotatable bonds is 6. The molecular formula is C20H19BrN2O4S. The number of nitrogens with zero attached hydrogens (tertiary/aromatic N) is 2. The highest BCUT2D eigenvalue weighted by Gasteiger charge is 2.13. The number of ether oxygens (including phenoxy) is 1. The second kappa shape index (κ2) is 8.87. The van der Waals surface area contributed by atoms with Crippen molar-refractivity contribution >= 4 is 44.6 Å². The molecule has 0 amide bonds. The number of esters is 1. The summed E-state index contributed by atoms with van der Waals surface area (Å²) < 4.78 is 11.4. The summed E-state index contributed by atoms with van der Waals surface area (Å²) in [5.41, 5.74) is 3.31. The van der Waals surface area contributed by atoms with Crippen molar-refractivity contribution in [1.29, 1.82) is 0 Å². The zero-order chi connectivity index (χ0) is 20.3. The van der Waals surface area contributed by atoms with E-state index in [1.54, 1.807) is 6.07 Å². The number of thioether (sulfide) groups is 1. The zero-order valence-corrected chi connectivity index (χ0v) is 18.1. The van der Waals surface area contributed by atoms with Gasteiger partial charge in [-0.05, 0) is 50.3 Å². The molecule has 3 rings (SSSR count). The summed E-state index contributed by atoms with van der Waals surface area (Å²) in [6.07, 6.45) is 2.65. The van der Waals surface area contributed by atoms with E-state index in [-0.39, 0.29) is 19.0 Å². The van der Waals surface area contributed by atoms with E-state index in [1.165, 1.54) is 17.8 Å². The predicted molar refractivity (Wildman–Crippen MR) is 112 cm³/mol. The van der Waals surface area contributed by atoms with Gasteiger partial charge in [0.25, 0.3) is 0 Å². The third kappa shape index (κ3) is 4.80. The number of carbonyl (C=O) groups excluding carboxylic acids is 1. The quantitative estimate of drug-likeness (QED) is 0.233. The maximum Gasteiger partial charge on any atom is 0.336 e. The first-order valence-corrected chi connectivity index (χ1v) is 10.6. The second-order valence-electron chi connectivity index (χ2n) is 6.25. The lowest BCUT2D eigenvalue weighted by molar-refractivity contribution is -0.144. The minimum atomic E-state index is -0.478. The first kappa shape index (κ1) is 20.5. The van der Waals surface area contributed by atoms with E-state index in [0.29, 0.717) is 17.6 Å². The van der Waals surface area contributed by atoms with Crippen LogP contribution in [0.4, 0.5) is 0 Å². The van der Waals surface area contributed by atoms with Crippen molar-refractivity contribution in [2.75, 3.05) is 6.26 Å². The highest BCUT2D eigenvalue weighted by Crippen LogP contribution is 2.22. The number of aryl methyl sites for hydroxylation is 2. The van der Waals surface area contributed by atoms with Gasteiger partial charge in [-0.1, -0.05) is 27.7 Å². The summed E-state index contributed by atoms with van der Waals surface area (Å²) in [6.45, 7) is 3.85. The van der Waals surface area contributed by atoms with Gasteiger partial charge in [-0.15, -0.1) is 0 Å². The third-order valence-corrected chi connectivity index (χ3v) is 5.38. The first-order chi connectivity index (χ1) is 13.4. The Morgan fingerprint density at radius 3 is 2.61 bits per heavy atom. The average molecular weight is 463 g/mol. The van der Waals surface area contributed by atoms with Crippen molar-refractivity contribution in [2.45, 2.75) is 38.5 Å². The molecule has 0 unspecified atom stereocenters. The third-order valence-electron chi connectivity index (χ3n) is 4.34. The van der Waals surface area contributed by atoms with Crippen LogP contribution in [0.1, 0.15) is 28.9 Å². The average Bonchev–Trinajstić information content (AvgIpc) is 2.64. The van der Waals surface area contributed by atoms with E-state index in [0.717, 1.165) is 32.0 Å². The van der Waals surface area contributed by atoms with Crippen LogP contribution in [0.5, 0.6) is 0 Å². The summed E-state index contributed by atoms with van der Waals surface area (Å²) in [7, 11) is 0. The summed E-state index contributed by atoms with van der Waals surface area (Å²) >= 11 is 4.84. The van der Waals surface area contributed by atoms with Gasteiger partial charge < -0.3 is 9.15 Å². The lowest BCUT2D eigenvalue weighted by Crippen LogP contribution is -2.10. The number of benzene rings is 1. The van der Waals surface area contributed by atoms with Gasteiger partial charge in [-0.2, -0.15) is 0 Å². The standard InChI is InChI=1S/C20H19BrN2O4S/c1-11-15(12(2)23-20(22-11)28-3)6-7-18(24)26-10-13-8-19(25)27-17-9-14(21)4-5-16(13)17/h4-5,8-9H,6-7,10H2,1-3H3. The van der Waals surface area contributed by atoms with Crippen LogP contribution in [0.15, 0.2) is 43.1 Å². The van der Waals surface area contributed by atoms with E-state index < -0.39 is 5.63 Å². The van der Waals surface area contributed by atoms with E-state index >= 15 is 0 Å². The molecule has 0 aliphatic heterocycles. The normalized spacial score (nSPS) is 11.0. The Balaban J connectivity index is 1.67. The van der Waals surface area contributed by atoms with Gasteiger partial charge in [-0.25, -0.2) is 14.8 Å². The van der Waals surface area contributed by atoms with Crippen LogP contribution in [0, 0.1) is 13.8 Å². The highest BCUT2D eigenvalue weighted by atomic mass is 79.9. The van der Waals surface area contributed by atoms with E-state index in [4.69, 9.17) is 9.15 Å². The topological polar surface area (TPSA) is 82.3 Å². The molecule has 0 bridgehead atoms. The molecule has 146 valence electrons. The molecule has 8 heteroatoms. The molecule has 0 saturated carbocycles. The zero-order valence-electron chi connectivity index (χ0n) is 15.7. The van der Waals surface area contributed by atoms with Crippen LogP contribution < -0.4 is 5.63 Å². The minimum Gasteiger partial charge on any atom is -0.461 e. The highest BCUT2D eigenvalue weighted by molar-refractivity contribution is 9.10. The molecule has 0 aliphatic rings. The van der Waals surface area contributed by atoms with Gasteiger partial charge in [0, 0.05) is 39.3 Å². The molecular weight excluding hydrogens is 444 g/mol.